The van der Waals surface area contributed by atoms with E-state index in [2.05, 4.69) is 41.8 Å². The summed E-state index contributed by atoms with van der Waals surface area (Å²) in [5, 5.41) is 4.43. The van der Waals surface area contributed by atoms with Crippen LogP contribution in [0.25, 0.3) is 0 Å². The van der Waals surface area contributed by atoms with E-state index in [1.807, 2.05) is 11.7 Å². The first kappa shape index (κ1) is 15.7. The zero-order chi connectivity index (χ0) is 13.5. The Balaban J connectivity index is 2.29. The Kier molecular flexibility index (Phi) is 6.89. The minimum atomic E-state index is 0.565. The fourth-order valence-electron chi connectivity index (χ4n) is 1.58. The molecule has 18 heavy (non-hydrogen) atoms. The molecule has 0 amide bonds. The summed E-state index contributed by atoms with van der Waals surface area (Å²) in [6.45, 7) is 8.99. The molecular formula is C13H23BrN2O2. The van der Waals surface area contributed by atoms with Crippen molar-refractivity contribution < 1.29 is 9.47 Å². The lowest BCUT2D eigenvalue weighted by atomic mass is 10.2. The van der Waals surface area contributed by atoms with Crippen molar-refractivity contribution in [3.8, 4) is 0 Å². The molecule has 0 fully saturated rings. The molecule has 0 N–H and O–H groups in total. The Morgan fingerprint density at radius 3 is 2.50 bits per heavy atom. The van der Waals surface area contributed by atoms with Crippen molar-refractivity contribution in [2.45, 2.75) is 33.8 Å². The summed E-state index contributed by atoms with van der Waals surface area (Å²) in [5.41, 5.74) is 2.16. The smallest absolute Gasteiger partial charge is 0.0897 e. The van der Waals surface area contributed by atoms with Gasteiger partial charge in [-0.15, -0.1) is 0 Å². The second-order valence-corrected chi connectivity index (χ2v) is 5.50. The number of nitrogens with zero attached hydrogens (tertiary/aromatic N) is 2. The van der Waals surface area contributed by atoms with Gasteiger partial charge in [0, 0.05) is 13.7 Å². The van der Waals surface area contributed by atoms with Crippen LogP contribution in [0.1, 0.15) is 32.2 Å². The third-order valence-corrected chi connectivity index (χ3v) is 3.48. The second kappa shape index (κ2) is 7.92. The van der Waals surface area contributed by atoms with Gasteiger partial charge in [-0.05, 0) is 28.3 Å². The minimum Gasteiger partial charge on any atom is -0.379 e. The number of hydrogen-bond acceptors (Lipinski definition) is 3. The van der Waals surface area contributed by atoms with E-state index in [0.29, 0.717) is 25.7 Å². The molecule has 0 radical (unpaired) electrons. The number of aromatic nitrogens is 2. The Labute approximate surface area is 118 Å². The summed E-state index contributed by atoms with van der Waals surface area (Å²) in [4.78, 5) is 0. The van der Waals surface area contributed by atoms with Gasteiger partial charge >= 0.3 is 0 Å². The zero-order valence-corrected chi connectivity index (χ0v) is 13.3. The van der Waals surface area contributed by atoms with E-state index in [1.165, 1.54) is 0 Å². The molecule has 0 aromatic carbocycles. The quantitative estimate of drug-likeness (QED) is 0.691. The fraction of sp³-hybridized carbons (Fsp3) is 0.769. The molecule has 1 aromatic heterocycles. The summed E-state index contributed by atoms with van der Waals surface area (Å²) < 4.78 is 14.0. The van der Waals surface area contributed by atoms with E-state index in [9.17, 15) is 0 Å². The maximum absolute atomic E-state index is 5.61. The molecule has 1 heterocycles. The van der Waals surface area contributed by atoms with Gasteiger partial charge in [0.1, 0.15) is 0 Å². The molecule has 1 aromatic rings. The van der Waals surface area contributed by atoms with Gasteiger partial charge in [-0.1, -0.05) is 20.8 Å². The molecule has 4 nitrogen and oxygen atoms in total. The van der Waals surface area contributed by atoms with Gasteiger partial charge < -0.3 is 9.47 Å². The van der Waals surface area contributed by atoms with Crippen LogP contribution in [0.4, 0.5) is 0 Å². The van der Waals surface area contributed by atoms with E-state index in [-0.39, 0.29) is 0 Å². The van der Waals surface area contributed by atoms with Gasteiger partial charge in [0.25, 0.3) is 0 Å². The highest BCUT2D eigenvalue weighted by Crippen LogP contribution is 2.22. The zero-order valence-electron chi connectivity index (χ0n) is 11.7. The summed E-state index contributed by atoms with van der Waals surface area (Å²) in [5.74, 6) is 0.573. The Bertz CT molecular complexity index is 364. The predicted octanol–water partition coefficient (Wildman–Crippen LogP) is 2.93. The van der Waals surface area contributed by atoms with Crippen molar-refractivity contribution in [1.82, 2.24) is 9.78 Å². The fourth-order valence-corrected chi connectivity index (χ4v) is 2.31. The van der Waals surface area contributed by atoms with Crippen LogP contribution in [0.5, 0.6) is 0 Å². The first-order valence-electron chi connectivity index (χ1n) is 6.42. The van der Waals surface area contributed by atoms with Crippen LogP contribution in [0.15, 0.2) is 4.47 Å². The molecule has 104 valence electrons. The van der Waals surface area contributed by atoms with Crippen molar-refractivity contribution in [1.29, 1.82) is 0 Å². The Hall–Kier alpha value is -0.390. The van der Waals surface area contributed by atoms with Gasteiger partial charge in [0.15, 0.2) is 0 Å². The average Bonchev–Trinajstić information content (AvgIpc) is 2.59. The van der Waals surface area contributed by atoms with Gasteiger partial charge in [0.2, 0.25) is 0 Å². The lowest BCUT2D eigenvalue weighted by Crippen LogP contribution is -2.09. The molecule has 0 aliphatic rings. The largest absolute Gasteiger partial charge is 0.379 e. The van der Waals surface area contributed by atoms with Crippen LogP contribution in [-0.4, -0.2) is 29.6 Å². The van der Waals surface area contributed by atoms with Crippen molar-refractivity contribution in [2.75, 3.05) is 19.8 Å². The van der Waals surface area contributed by atoms with Crippen molar-refractivity contribution >= 4 is 15.9 Å². The number of halogens is 1. The van der Waals surface area contributed by atoms with Crippen LogP contribution in [0.2, 0.25) is 0 Å². The molecule has 0 aliphatic heterocycles. The SMILES string of the molecule is CCc1nn(C)c(COCCOCC(C)C)c1Br. The Morgan fingerprint density at radius 1 is 1.28 bits per heavy atom. The third kappa shape index (κ3) is 4.71. The van der Waals surface area contributed by atoms with Crippen LogP contribution in [0.3, 0.4) is 0 Å². The summed E-state index contributed by atoms with van der Waals surface area (Å²) in [6, 6.07) is 0. The first-order chi connectivity index (χ1) is 8.56. The Morgan fingerprint density at radius 2 is 1.94 bits per heavy atom. The lowest BCUT2D eigenvalue weighted by molar-refractivity contribution is 0.0295. The average molecular weight is 319 g/mol. The first-order valence-corrected chi connectivity index (χ1v) is 7.21. The third-order valence-electron chi connectivity index (χ3n) is 2.56. The van der Waals surface area contributed by atoms with Crippen LogP contribution in [0, 0.1) is 5.92 Å². The van der Waals surface area contributed by atoms with Gasteiger partial charge in [0.05, 0.1) is 35.7 Å². The lowest BCUT2D eigenvalue weighted by Gasteiger charge is -2.08. The molecular weight excluding hydrogens is 296 g/mol. The van der Waals surface area contributed by atoms with Crippen LogP contribution in [-0.2, 0) is 29.5 Å². The molecule has 0 spiro atoms. The van der Waals surface area contributed by atoms with Gasteiger partial charge in [-0.25, -0.2) is 0 Å². The molecule has 0 saturated heterocycles. The highest BCUT2D eigenvalue weighted by molar-refractivity contribution is 9.10. The van der Waals surface area contributed by atoms with E-state index in [4.69, 9.17) is 9.47 Å². The highest BCUT2D eigenvalue weighted by Gasteiger charge is 2.12. The molecule has 0 aliphatic carbocycles. The topological polar surface area (TPSA) is 36.3 Å². The molecule has 0 atom stereocenters. The molecule has 0 unspecified atom stereocenters. The molecule has 5 heteroatoms. The number of aryl methyl sites for hydroxylation is 2. The summed E-state index contributed by atoms with van der Waals surface area (Å²) >= 11 is 3.57. The van der Waals surface area contributed by atoms with E-state index >= 15 is 0 Å². The van der Waals surface area contributed by atoms with E-state index in [0.717, 1.165) is 28.9 Å². The maximum atomic E-state index is 5.61. The standard InChI is InChI=1S/C13H23BrN2O2/c1-5-11-13(14)12(16(4)15-11)9-18-7-6-17-8-10(2)3/h10H,5-9H2,1-4H3. The van der Waals surface area contributed by atoms with Crippen molar-refractivity contribution in [3.63, 3.8) is 0 Å². The monoisotopic (exact) mass is 318 g/mol. The summed E-state index contributed by atoms with van der Waals surface area (Å²) in [7, 11) is 1.94. The van der Waals surface area contributed by atoms with E-state index < -0.39 is 0 Å². The van der Waals surface area contributed by atoms with E-state index in [1.54, 1.807) is 0 Å². The van der Waals surface area contributed by atoms with Crippen LogP contribution >= 0.6 is 15.9 Å². The molecule has 0 bridgehead atoms. The normalized spacial score (nSPS) is 11.4. The molecule has 1 rings (SSSR count). The molecule has 0 saturated carbocycles. The van der Waals surface area contributed by atoms with Gasteiger partial charge in [-0.3, -0.25) is 4.68 Å². The maximum Gasteiger partial charge on any atom is 0.0897 e. The minimum absolute atomic E-state index is 0.565. The summed E-state index contributed by atoms with van der Waals surface area (Å²) in [6.07, 6.45) is 0.923. The van der Waals surface area contributed by atoms with Gasteiger partial charge in [-0.2, -0.15) is 5.10 Å². The van der Waals surface area contributed by atoms with Crippen molar-refractivity contribution in [2.24, 2.45) is 13.0 Å². The highest BCUT2D eigenvalue weighted by atomic mass is 79.9. The predicted molar refractivity (Wildman–Crippen MR) is 75.6 cm³/mol. The van der Waals surface area contributed by atoms with Crippen LogP contribution < -0.4 is 0 Å². The number of ether oxygens (including phenoxy) is 2. The number of hydrogen-bond donors (Lipinski definition) is 0. The number of rotatable bonds is 8. The van der Waals surface area contributed by atoms with Crippen molar-refractivity contribution in [3.05, 3.63) is 15.9 Å². The second-order valence-electron chi connectivity index (χ2n) is 4.71.